The van der Waals surface area contributed by atoms with Gasteiger partial charge in [0.25, 0.3) is 0 Å². The molecule has 0 radical (unpaired) electrons. The van der Waals surface area contributed by atoms with Gasteiger partial charge in [-0.2, -0.15) is 0 Å². The highest BCUT2D eigenvalue weighted by molar-refractivity contribution is 4.95. The molecule has 0 N–H and O–H groups in total. The van der Waals surface area contributed by atoms with Gasteiger partial charge in [0.15, 0.2) is 0 Å². The molecule has 1 aromatic heterocycles. The normalized spacial score (nSPS) is 10.5. The fourth-order valence-electron chi connectivity index (χ4n) is 0.788. The van der Waals surface area contributed by atoms with Gasteiger partial charge in [-0.3, -0.25) is 0 Å². The van der Waals surface area contributed by atoms with Gasteiger partial charge < -0.3 is 4.57 Å². The molecule has 0 atom stereocenters. The maximum absolute atomic E-state index is 4.15. The summed E-state index contributed by atoms with van der Waals surface area (Å²) in [6.07, 6.45) is 3.93. The van der Waals surface area contributed by atoms with Crippen LogP contribution in [-0.4, -0.2) is 9.55 Å². The third kappa shape index (κ3) is 3.07. The lowest BCUT2D eigenvalue weighted by Crippen LogP contribution is -2.19. The zero-order valence-electron chi connectivity index (χ0n) is 9.05. The molecule has 0 aliphatic heterocycles. The van der Waals surface area contributed by atoms with Crippen molar-refractivity contribution in [2.45, 2.75) is 47.1 Å². The van der Waals surface area contributed by atoms with Crippen LogP contribution in [0.25, 0.3) is 0 Å². The lowest BCUT2D eigenvalue weighted by molar-refractivity contribution is 0.396. The molecule has 1 heterocycles. The minimum Gasteiger partial charge on any atom is -0.332 e. The van der Waals surface area contributed by atoms with E-state index in [1.807, 2.05) is 27.1 Å². The Balaban J connectivity index is 0.000000561. The SMILES string of the molecule is CC.Cc1cn(C(C)(C)C)cn1. The molecule has 0 aliphatic rings. The van der Waals surface area contributed by atoms with E-state index in [9.17, 15) is 0 Å². The molecule has 0 bridgehead atoms. The zero-order valence-corrected chi connectivity index (χ0v) is 9.05. The van der Waals surface area contributed by atoms with E-state index in [4.69, 9.17) is 0 Å². The van der Waals surface area contributed by atoms with Crippen molar-refractivity contribution < 1.29 is 0 Å². The first-order chi connectivity index (χ1) is 5.50. The van der Waals surface area contributed by atoms with Gasteiger partial charge in [-0.1, -0.05) is 13.8 Å². The molecule has 0 spiro atoms. The topological polar surface area (TPSA) is 17.8 Å². The summed E-state index contributed by atoms with van der Waals surface area (Å²) in [5.74, 6) is 0. The second-order valence-electron chi connectivity index (χ2n) is 3.59. The average molecular weight is 168 g/mol. The van der Waals surface area contributed by atoms with E-state index >= 15 is 0 Å². The highest BCUT2D eigenvalue weighted by atomic mass is 15.1. The Bertz CT molecular complexity index is 218. The number of aryl methyl sites for hydroxylation is 1. The summed E-state index contributed by atoms with van der Waals surface area (Å²) in [4.78, 5) is 4.15. The van der Waals surface area contributed by atoms with E-state index in [1.165, 1.54) is 0 Å². The van der Waals surface area contributed by atoms with Gasteiger partial charge in [0.1, 0.15) is 0 Å². The predicted octanol–water partition coefficient (Wildman–Crippen LogP) is 2.97. The predicted molar refractivity (Wildman–Crippen MR) is 53.3 cm³/mol. The number of nitrogens with zero attached hydrogens (tertiary/aromatic N) is 2. The van der Waals surface area contributed by atoms with Crippen LogP contribution in [-0.2, 0) is 5.54 Å². The van der Waals surface area contributed by atoms with Crippen molar-refractivity contribution >= 4 is 0 Å². The molecule has 70 valence electrons. The molecule has 0 fully saturated rings. The quantitative estimate of drug-likeness (QED) is 0.582. The van der Waals surface area contributed by atoms with Crippen LogP contribution in [0.15, 0.2) is 12.5 Å². The molecule has 2 heteroatoms. The summed E-state index contributed by atoms with van der Waals surface area (Å²) in [5, 5.41) is 0. The molecule has 0 aliphatic carbocycles. The van der Waals surface area contributed by atoms with Crippen molar-refractivity contribution in [3.8, 4) is 0 Å². The first-order valence-electron chi connectivity index (χ1n) is 4.51. The van der Waals surface area contributed by atoms with E-state index in [0.717, 1.165) is 5.69 Å². The highest BCUT2D eigenvalue weighted by Crippen LogP contribution is 2.12. The van der Waals surface area contributed by atoms with Crippen molar-refractivity contribution in [1.29, 1.82) is 0 Å². The van der Waals surface area contributed by atoms with Crippen molar-refractivity contribution in [2.24, 2.45) is 0 Å². The van der Waals surface area contributed by atoms with Crippen LogP contribution in [0.4, 0.5) is 0 Å². The van der Waals surface area contributed by atoms with Gasteiger partial charge in [-0.15, -0.1) is 0 Å². The lowest BCUT2D eigenvalue weighted by Gasteiger charge is -2.19. The van der Waals surface area contributed by atoms with Crippen molar-refractivity contribution in [3.05, 3.63) is 18.2 Å². The maximum Gasteiger partial charge on any atom is 0.0954 e. The maximum atomic E-state index is 4.15. The van der Waals surface area contributed by atoms with E-state index in [0.29, 0.717) is 0 Å². The minimum absolute atomic E-state index is 0.168. The third-order valence-electron chi connectivity index (χ3n) is 1.49. The third-order valence-corrected chi connectivity index (χ3v) is 1.49. The standard InChI is InChI=1S/C8H14N2.C2H6/c1-7-5-10(6-9-7)8(2,3)4;1-2/h5-6H,1-4H3;1-2H3. The van der Waals surface area contributed by atoms with Crippen LogP contribution in [0.2, 0.25) is 0 Å². The summed E-state index contributed by atoms with van der Waals surface area (Å²) >= 11 is 0. The lowest BCUT2D eigenvalue weighted by atomic mass is 10.1. The molecule has 0 saturated carbocycles. The summed E-state index contributed by atoms with van der Waals surface area (Å²) < 4.78 is 2.11. The summed E-state index contributed by atoms with van der Waals surface area (Å²) in [6, 6.07) is 0. The van der Waals surface area contributed by atoms with Crippen LogP contribution in [0.5, 0.6) is 0 Å². The first-order valence-corrected chi connectivity index (χ1v) is 4.51. The van der Waals surface area contributed by atoms with Gasteiger partial charge in [0, 0.05) is 11.7 Å². The monoisotopic (exact) mass is 168 g/mol. The fraction of sp³-hybridized carbons (Fsp3) is 0.700. The Labute approximate surface area is 75.6 Å². The van der Waals surface area contributed by atoms with E-state index in [1.54, 1.807) is 0 Å². The number of rotatable bonds is 0. The zero-order chi connectivity index (χ0) is 9.78. The number of hydrogen-bond acceptors (Lipinski definition) is 1. The Hall–Kier alpha value is -0.790. The molecular formula is C10H20N2. The van der Waals surface area contributed by atoms with Crippen molar-refractivity contribution in [1.82, 2.24) is 9.55 Å². The van der Waals surface area contributed by atoms with E-state index in [-0.39, 0.29) is 5.54 Å². The van der Waals surface area contributed by atoms with Gasteiger partial charge >= 0.3 is 0 Å². The molecule has 1 aromatic rings. The molecule has 12 heavy (non-hydrogen) atoms. The number of imidazole rings is 1. The Kier molecular flexibility index (Phi) is 4.01. The van der Waals surface area contributed by atoms with E-state index < -0.39 is 0 Å². The number of hydrogen-bond donors (Lipinski definition) is 0. The number of aromatic nitrogens is 2. The summed E-state index contributed by atoms with van der Waals surface area (Å²) in [5.41, 5.74) is 1.25. The summed E-state index contributed by atoms with van der Waals surface area (Å²) in [6.45, 7) is 12.5. The van der Waals surface area contributed by atoms with Gasteiger partial charge in [0.2, 0.25) is 0 Å². The van der Waals surface area contributed by atoms with Crippen LogP contribution < -0.4 is 0 Å². The minimum atomic E-state index is 0.168. The highest BCUT2D eigenvalue weighted by Gasteiger charge is 2.11. The second-order valence-corrected chi connectivity index (χ2v) is 3.59. The Morgan fingerprint density at radius 2 is 1.75 bits per heavy atom. The molecule has 0 unspecified atom stereocenters. The second kappa shape index (κ2) is 4.29. The summed E-state index contributed by atoms with van der Waals surface area (Å²) in [7, 11) is 0. The van der Waals surface area contributed by atoms with Crippen molar-refractivity contribution in [2.75, 3.05) is 0 Å². The van der Waals surface area contributed by atoms with Crippen LogP contribution in [0.1, 0.15) is 40.3 Å². The van der Waals surface area contributed by atoms with Gasteiger partial charge in [-0.25, -0.2) is 4.98 Å². The van der Waals surface area contributed by atoms with Gasteiger partial charge in [-0.05, 0) is 27.7 Å². The Morgan fingerprint density at radius 1 is 1.25 bits per heavy atom. The molecule has 0 saturated heterocycles. The van der Waals surface area contributed by atoms with E-state index in [2.05, 4.69) is 36.5 Å². The fourth-order valence-corrected chi connectivity index (χ4v) is 0.788. The molecule has 0 aromatic carbocycles. The first kappa shape index (κ1) is 11.2. The largest absolute Gasteiger partial charge is 0.332 e. The molecule has 1 rings (SSSR count). The van der Waals surface area contributed by atoms with Crippen molar-refractivity contribution in [3.63, 3.8) is 0 Å². The van der Waals surface area contributed by atoms with Crippen LogP contribution >= 0.6 is 0 Å². The molecular weight excluding hydrogens is 148 g/mol. The molecule has 0 amide bonds. The van der Waals surface area contributed by atoms with Crippen LogP contribution in [0.3, 0.4) is 0 Å². The average Bonchev–Trinajstić information content (AvgIpc) is 2.39. The van der Waals surface area contributed by atoms with Crippen LogP contribution in [0, 0.1) is 6.92 Å². The Morgan fingerprint density at radius 3 is 1.92 bits per heavy atom. The molecule has 2 nitrogen and oxygen atoms in total. The van der Waals surface area contributed by atoms with Gasteiger partial charge in [0.05, 0.1) is 12.0 Å². The smallest absolute Gasteiger partial charge is 0.0954 e.